The highest BCUT2D eigenvalue weighted by Crippen LogP contribution is 2.36. The van der Waals surface area contributed by atoms with E-state index >= 15 is 0 Å². The molecule has 6 aliphatic rings. The number of piperidine rings is 2. The van der Waals surface area contributed by atoms with Crippen LogP contribution in [0, 0.1) is 5.92 Å². The fourth-order valence-electron chi connectivity index (χ4n) is 10.6. The third kappa shape index (κ3) is 8.04. The van der Waals surface area contributed by atoms with E-state index in [4.69, 9.17) is 14.5 Å². The summed E-state index contributed by atoms with van der Waals surface area (Å²) in [7, 11) is 0. The monoisotopic (exact) mass is 876 g/mol. The number of aromatic carboxylic acids is 1. The highest BCUT2D eigenvalue weighted by atomic mass is 16.5. The van der Waals surface area contributed by atoms with Crippen LogP contribution in [0.5, 0.6) is 0 Å². The predicted octanol–water partition coefficient (Wildman–Crippen LogP) is 3.14. The van der Waals surface area contributed by atoms with Gasteiger partial charge in [-0.25, -0.2) is 14.3 Å². The Balaban J connectivity index is 0.660. The van der Waals surface area contributed by atoms with E-state index in [1.165, 1.54) is 12.4 Å². The minimum Gasteiger partial charge on any atom is -0.477 e. The zero-order valence-electron chi connectivity index (χ0n) is 35.5. The van der Waals surface area contributed by atoms with Crippen LogP contribution in [0.2, 0.25) is 0 Å². The summed E-state index contributed by atoms with van der Waals surface area (Å²) in [6.07, 6.45) is 12.3. The van der Waals surface area contributed by atoms with Crippen LogP contribution < -0.4 is 15.5 Å². The number of Topliss-reactive ketones (excluding diaryl/α,β-unsaturated/α-hetero) is 1. The molecule has 19 nitrogen and oxygen atoms in total. The van der Waals surface area contributed by atoms with Crippen LogP contribution in [-0.2, 0) is 25.5 Å². The van der Waals surface area contributed by atoms with Crippen LogP contribution in [0.25, 0.3) is 5.65 Å². The van der Waals surface area contributed by atoms with Crippen LogP contribution in [0.15, 0.2) is 42.9 Å². The van der Waals surface area contributed by atoms with E-state index in [1.54, 1.807) is 33.6 Å². The van der Waals surface area contributed by atoms with Crippen molar-refractivity contribution in [2.45, 2.75) is 101 Å². The number of ketones is 1. The molecule has 3 aromatic heterocycles. The molecule has 0 spiro atoms. The number of carbonyl (C=O) groups is 6. The summed E-state index contributed by atoms with van der Waals surface area (Å²) < 4.78 is 15.2. The second-order valence-corrected chi connectivity index (χ2v) is 18.0. The first-order chi connectivity index (χ1) is 31.1. The molecular formula is C45H52N10O9. The van der Waals surface area contributed by atoms with Gasteiger partial charge >= 0.3 is 5.97 Å². The number of imide groups is 2. The number of carbonyl (C=O) groups excluding carboxylic acids is 5. The molecule has 336 valence electrons. The van der Waals surface area contributed by atoms with Crippen molar-refractivity contribution in [2.75, 3.05) is 56.2 Å². The molecule has 1 saturated carbocycles. The van der Waals surface area contributed by atoms with Gasteiger partial charge in [-0.2, -0.15) is 10.2 Å². The summed E-state index contributed by atoms with van der Waals surface area (Å²) in [5.41, 5.74) is 2.28. The van der Waals surface area contributed by atoms with Gasteiger partial charge < -0.3 is 29.7 Å². The van der Waals surface area contributed by atoms with Crippen molar-refractivity contribution in [3.05, 3.63) is 70.8 Å². The second kappa shape index (κ2) is 17.5. The number of morpholine rings is 1. The van der Waals surface area contributed by atoms with E-state index in [-0.39, 0.29) is 66.2 Å². The summed E-state index contributed by atoms with van der Waals surface area (Å²) in [4.78, 5) is 87.4. The Morgan fingerprint density at radius 3 is 2.53 bits per heavy atom. The fraction of sp³-hybridized carbons (Fsp3) is 0.533. The zero-order chi connectivity index (χ0) is 44.1. The van der Waals surface area contributed by atoms with Crippen LogP contribution >= 0.6 is 0 Å². The number of nitrogens with one attached hydrogen (secondary N) is 2. The lowest BCUT2D eigenvalue weighted by molar-refractivity contribution is -0.136. The Labute approximate surface area is 368 Å². The normalized spacial score (nSPS) is 25.1. The molecule has 1 aromatic carbocycles. The van der Waals surface area contributed by atoms with Gasteiger partial charge in [-0.1, -0.05) is 6.07 Å². The number of likely N-dealkylation sites (tertiary alicyclic amines) is 1. The molecule has 4 amide bonds. The number of amides is 4. The van der Waals surface area contributed by atoms with Gasteiger partial charge in [0.15, 0.2) is 11.4 Å². The van der Waals surface area contributed by atoms with Gasteiger partial charge in [-0.3, -0.25) is 38.9 Å². The standard InChI is InChI=1S/C45H52N10O9/c56-36(33-22-47-53-17-13-37(49-41(33)53)52-24-31-20-29(52)25-64-31)19-27-21-48-55(40(27)45(61)62)28-7-5-26(6-8-28)23-51-15-11-30(12-16-51)63-18-2-14-46-34-4-1-3-32-39(34)44(60)54(43(32)59)35-9-10-38(57)50-42(35)58/h1,3-4,13,17,21-22,26,28-31,35,46H,2,5-12,14-16,18-20,23-25H2,(H,61,62)(H,50,57,58)/t26?,28?,29?,31-,35?/m1/s1. The Bertz CT molecular complexity index is 2500. The first-order valence-electron chi connectivity index (χ1n) is 22.6. The first-order valence-corrected chi connectivity index (χ1v) is 22.6. The van der Waals surface area contributed by atoms with Crippen LogP contribution in [0.4, 0.5) is 11.5 Å². The van der Waals surface area contributed by atoms with Crippen LogP contribution in [-0.4, -0.2) is 145 Å². The minimum absolute atomic E-state index is 0.0564. The van der Waals surface area contributed by atoms with Crippen LogP contribution in [0.3, 0.4) is 0 Å². The van der Waals surface area contributed by atoms with Gasteiger partial charge in [0.2, 0.25) is 11.8 Å². The lowest BCUT2D eigenvalue weighted by atomic mass is 9.85. The molecule has 10 rings (SSSR count). The highest BCUT2D eigenvalue weighted by Gasteiger charge is 2.46. The Kier molecular flexibility index (Phi) is 11.5. The number of hydrogen-bond acceptors (Lipinski definition) is 14. The van der Waals surface area contributed by atoms with Gasteiger partial charge in [0.1, 0.15) is 17.6 Å². The average Bonchev–Trinajstić information content (AvgIpc) is 4.15. The van der Waals surface area contributed by atoms with E-state index in [2.05, 4.69) is 30.6 Å². The summed E-state index contributed by atoms with van der Waals surface area (Å²) in [6.45, 7) is 5.37. The largest absolute Gasteiger partial charge is 0.477 e. The van der Waals surface area contributed by atoms with E-state index in [1.807, 2.05) is 6.07 Å². The number of anilines is 2. The molecular weight excluding hydrogens is 825 g/mol. The van der Waals surface area contributed by atoms with Crippen molar-refractivity contribution in [1.82, 2.24) is 39.5 Å². The number of rotatable bonds is 15. The molecule has 19 heteroatoms. The zero-order valence-corrected chi connectivity index (χ0v) is 35.5. The number of nitrogens with zero attached hydrogens (tertiary/aromatic N) is 8. The summed E-state index contributed by atoms with van der Waals surface area (Å²) in [5, 5.41) is 24.7. The summed E-state index contributed by atoms with van der Waals surface area (Å²) in [5.74, 6) is -2.18. The lowest BCUT2D eigenvalue weighted by Crippen LogP contribution is -2.54. The summed E-state index contributed by atoms with van der Waals surface area (Å²) >= 11 is 0. The summed E-state index contributed by atoms with van der Waals surface area (Å²) in [6, 6.07) is 6.15. The number of benzene rings is 1. The molecule has 2 bridgehead atoms. The van der Waals surface area contributed by atoms with Crippen LogP contribution in [0.1, 0.15) is 117 Å². The second-order valence-electron chi connectivity index (χ2n) is 18.0. The molecule has 0 radical (unpaired) electrons. The number of carboxylic acid groups (broad SMARTS) is 1. The predicted molar refractivity (Wildman–Crippen MR) is 228 cm³/mol. The average molecular weight is 877 g/mol. The molecule has 5 fully saturated rings. The van der Waals surface area contributed by atoms with Crippen molar-refractivity contribution in [1.29, 1.82) is 0 Å². The topological polar surface area (TPSA) is 223 Å². The van der Waals surface area contributed by atoms with Gasteiger partial charge in [0.05, 0.1) is 60.0 Å². The van der Waals surface area contributed by atoms with E-state index in [0.29, 0.717) is 54.6 Å². The third-order valence-electron chi connectivity index (χ3n) is 13.9. The SMILES string of the molecule is O=C1CCC(N2C(=O)c3cccc(NCCCOC4CCN(CC5CCC(n6ncc(CC(=O)c7cnn8ccc(N9C[C@H]%10CC9CO%10)nc78)c6C(=O)O)CC5)CC4)c3C2=O)C(=O)N1. The number of hydrogen-bond donors (Lipinski definition) is 3. The van der Waals surface area contributed by atoms with Crippen molar-refractivity contribution >= 4 is 52.5 Å². The number of aromatic nitrogens is 5. The number of ether oxygens (including phenoxy) is 2. The van der Waals surface area contributed by atoms with E-state index in [0.717, 1.165) is 81.8 Å². The molecule has 4 aromatic rings. The maximum absolute atomic E-state index is 13.7. The quantitative estimate of drug-likeness (QED) is 0.0887. The van der Waals surface area contributed by atoms with Gasteiger partial charge in [-0.15, -0.1) is 0 Å². The van der Waals surface area contributed by atoms with Crippen molar-refractivity contribution < 1.29 is 43.3 Å². The highest BCUT2D eigenvalue weighted by molar-refractivity contribution is 6.25. The lowest BCUT2D eigenvalue weighted by Gasteiger charge is -2.36. The molecule has 64 heavy (non-hydrogen) atoms. The third-order valence-corrected chi connectivity index (χ3v) is 13.9. The van der Waals surface area contributed by atoms with Crippen molar-refractivity contribution in [3.63, 3.8) is 0 Å². The van der Waals surface area contributed by atoms with Gasteiger partial charge in [0, 0.05) is 69.6 Å². The Morgan fingerprint density at radius 2 is 1.78 bits per heavy atom. The molecule has 2 unspecified atom stereocenters. The Hall–Kier alpha value is -6.05. The maximum atomic E-state index is 13.7. The maximum Gasteiger partial charge on any atom is 0.354 e. The molecule has 4 saturated heterocycles. The molecule has 3 N–H and O–H groups in total. The Morgan fingerprint density at radius 1 is 0.953 bits per heavy atom. The molecule has 3 atom stereocenters. The number of fused-ring (bicyclic) bond motifs is 4. The van der Waals surface area contributed by atoms with E-state index in [9.17, 15) is 33.9 Å². The van der Waals surface area contributed by atoms with Gasteiger partial charge in [-0.05, 0) is 81.9 Å². The van der Waals surface area contributed by atoms with Crippen molar-refractivity contribution in [3.8, 4) is 0 Å². The number of carboxylic acids is 1. The fourth-order valence-corrected chi connectivity index (χ4v) is 10.6. The van der Waals surface area contributed by atoms with E-state index < -0.39 is 35.6 Å². The smallest absolute Gasteiger partial charge is 0.354 e. The van der Waals surface area contributed by atoms with Gasteiger partial charge in [0.25, 0.3) is 11.8 Å². The first kappa shape index (κ1) is 41.9. The molecule has 8 heterocycles. The molecule has 1 aliphatic carbocycles. The minimum atomic E-state index is -1.09. The van der Waals surface area contributed by atoms with Crippen molar-refractivity contribution in [2.24, 2.45) is 5.92 Å². The molecule has 5 aliphatic heterocycles.